The maximum absolute atomic E-state index is 9.33. The van der Waals surface area contributed by atoms with Crippen molar-refractivity contribution in [1.82, 2.24) is 0 Å². The summed E-state index contributed by atoms with van der Waals surface area (Å²) in [7, 11) is 0. The highest BCUT2D eigenvalue weighted by Crippen LogP contribution is 2.29. The van der Waals surface area contributed by atoms with E-state index in [-0.39, 0.29) is 0 Å². The minimum absolute atomic E-state index is 0.348. The van der Waals surface area contributed by atoms with Crippen molar-refractivity contribution in [2.75, 3.05) is 18.5 Å². The summed E-state index contributed by atoms with van der Waals surface area (Å²) in [6.07, 6.45) is 5.05. The predicted molar refractivity (Wildman–Crippen MR) is 67.5 cm³/mol. The second-order valence-electron chi connectivity index (χ2n) is 4.73. The van der Waals surface area contributed by atoms with Crippen LogP contribution in [0.3, 0.4) is 0 Å². The molecule has 0 heterocycles. The second-order valence-corrected chi connectivity index (χ2v) is 4.73. The third-order valence-corrected chi connectivity index (χ3v) is 3.64. The summed E-state index contributed by atoms with van der Waals surface area (Å²) in [4.78, 5) is 0. The van der Waals surface area contributed by atoms with Crippen LogP contribution in [0.15, 0.2) is 30.3 Å². The molecule has 0 saturated heterocycles. The molecule has 1 saturated carbocycles. The van der Waals surface area contributed by atoms with Crippen LogP contribution in [0.4, 0.5) is 5.69 Å². The van der Waals surface area contributed by atoms with E-state index >= 15 is 0 Å². The number of aliphatic hydroxyl groups is 1. The first kappa shape index (κ1) is 11.5. The van der Waals surface area contributed by atoms with Gasteiger partial charge in [-0.05, 0) is 36.8 Å². The fourth-order valence-electron chi connectivity index (χ4n) is 2.60. The van der Waals surface area contributed by atoms with Crippen molar-refractivity contribution < 1.29 is 5.11 Å². The molecule has 1 aliphatic rings. The lowest BCUT2D eigenvalue weighted by Gasteiger charge is -2.30. The van der Waals surface area contributed by atoms with Crippen LogP contribution in [0, 0.1) is 11.8 Å². The number of rotatable bonds is 4. The number of anilines is 1. The van der Waals surface area contributed by atoms with Crippen molar-refractivity contribution in [3.05, 3.63) is 30.3 Å². The number of benzene rings is 1. The van der Waals surface area contributed by atoms with Gasteiger partial charge >= 0.3 is 0 Å². The molecular weight excluding hydrogens is 198 g/mol. The van der Waals surface area contributed by atoms with Gasteiger partial charge in [-0.1, -0.05) is 31.0 Å². The van der Waals surface area contributed by atoms with Gasteiger partial charge in [-0.2, -0.15) is 0 Å². The molecule has 1 aromatic rings. The van der Waals surface area contributed by atoms with Crippen molar-refractivity contribution in [2.45, 2.75) is 25.7 Å². The normalized spacial score (nSPS) is 25.3. The van der Waals surface area contributed by atoms with Crippen LogP contribution in [0.1, 0.15) is 25.7 Å². The fourth-order valence-corrected chi connectivity index (χ4v) is 2.60. The summed E-state index contributed by atoms with van der Waals surface area (Å²) in [5.74, 6) is 1.14. The van der Waals surface area contributed by atoms with E-state index in [2.05, 4.69) is 17.4 Å². The van der Waals surface area contributed by atoms with Crippen LogP contribution < -0.4 is 5.32 Å². The van der Waals surface area contributed by atoms with Crippen molar-refractivity contribution in [1.29, 1.82) is 0 Å². The van der Waals surface area contributed by atoms with Crippen molar-refractivity contribution in [2.24, 2.45) is 11.8 Å². The van der Waals surface area contributed by atoms with Gasteiger partial charge in [-0.3, -0.25) is 0 Å². The van der Waals surface area contributed by atoms with E-state index in [0.717, 1.165) is 6.54 Å². The van der Waals surface area contributed by atoms with Gasteiger partial charge in [0.1, 0.15) is 0 Å². The van der Waals surface area contributed by atoms with Gasteiger partial charge in [0, 0.05) is 18.8 Å². The molecule has 2 unspecified atom stereocenters. The number of aliphatic hydroxyl groups excluding tert-OH is 1. The standard InChI is InChI=1S/C14H21NO/c16-11-13-7-5-4-6-12(13)10-15-14-8-2-1-3-9-14/h1-3,8-9,12-13,15-16H,4-7,10-11H2. The topological polar surface area (TPSA) is 32.3 Å². The van der Waals surface area contributed by atoms with Gasteiger partial charge in [-0.15, -0.1) is 0 Å². The Hall–Kier alpha value is -1.02. The number of nitrogens with one attached hydrogen (secondary N) is 1. The molecule has 2 heteroatoms. The van der Waals surface area contributed by atoms with E-state index in [4.69, 9.17) is 0 Å². The molecule has 2 nitrogen and oxygen atoms in total. The molecule has 0 aromatic heterocycles. The highest BCUT2D eigenvalue weighted by atomic mass is 16.3. The average molecular weight is 219 g/mol. The van der Waals surface area contributed by atoms with Crippen LogP contribution in [0.2, 0.25) is 0 Å². The van der Waals surface area contributed by atoms with E-state index in [1.165, 1.54) is 31.4 Å². The Bertz CT molecular complexity index is 299. The van der Waals surface area contributed by atoms with Crippen LogP contribution in [0.25, 0.3) is 0 Å². The molecule has 2 rings (SSSR count). The largest absolute Gasteiger partial charge is 0.396 e. The maximum atomic E-state index is 9.33. The minimum Gasteiger partial charge on any atom is -0.396 e. The van der Waals surface area contributed by atoms with Crippen LogP contribution in [-0.2, 0) is 0 Å². The Morgan fingerprint density at radius 1 is 1.06 bits per heavy atom. The predicted octanol–water partition coefficient (Wildman–Crippen LogP) is 2.90. The number of para-hydroxylation sites is 1. The van der Waals surface area contributed by atoms with E-state index in [1.54, 1.807) is 0 Å². The van der Waals surface area contributed by atoms with E-state index in [0.29, 0.717) is 18.4 Å². The molecular formula is C14H21NO. The third-order valence-electron chi connectivity index (χ3n) is 3.64. The lowest BCUT2D eigenvalue weighted by atomic mass is 9.79. The summed E-state index contributed by atoms with van der Waals surface area (Å²) < 4.78 is 0. The molecule has 0 bridgehead atoms. The zero-order chi connectivity index (χ0) is 11.2. The number of hydrogen-bond donors (Lipinski definition) is 2. The molecule has 0 aliphatic heterocycles. The first-order valence-electron chi connectivity index (χ1n) is 6.30. The fraction of sp³-hybridized carbons (Fsp3) is 0.571. The van der Waals surface area contributed by atoms with Gasteiger partial charge in [0.2, 0.25) is 0 Å². The Morgan fingerprint density at radius 2 is 1.75 bits per heavy atom. The SMILES string of the molecule is OCC1CCCCC1CNc1ccccc1. The molecule has 1 aromatic carbocycles. The molecule has 1 aliphatic carbocycles. The van der Waals surface area contributed by atoms with E-state index in [1.807, 2.05) is 18.2 Å². The Kier molecular flexibility index (Phi) is 4.23. The zero-order valence-corrected chi connectivity index (χ0v) is 9.73. The minimum atomic E-state index is 0.348. The van der Waals surface area contributed by atoms with Crippen molar-refractivity contribution >= 4 is 5.69 Å². The van der Waals surface area contributed by atoms with E-state index < -0.39 is 0 Å². The lowest BCUT2D eigenvalue weighted by Crippen LogP contribution is -2.28. The van der Waals surface area contributed by atoms with Gasteiger partial charge < -0.3 is 10.4 Å². The average Bonchev–Trinajstić information content (AvgIpc) is 2.38. The summed E-state index contributed by atoms with van der Waals surface area (Å²) in [6, 6.07) is 10.3. The zero-order valence-electron chi connectivity index (χ0n) is 9.73. The molecule has 2 atom stereocenters. The Morgan fingerprint density at radius 3 is 2.44 bits per heavy atom. The summed E-state index contributed by atoms with van der Waals surface area (Å²) >= 11 is 0. The van der Waals surface area contributed by atoms with Gasteiger partial charge in [-0.25, -0.2) is 0 Å². The van der Waals surface area contributed by atoms with E-state index in [9.17, 15) is 5.11 Å². The molecule has 88 valence electrons. The monoisotopic (exact) mass is 219 g/mol. The second kappa shape index (κ2) is 5.90. The quantitative estimate of drug-likeness (QED) is 0.816. The van der Waals surface area contributed by atoms with Crippen LogP contribution in [0.5, 0.6) is 0 Å². The third kappa shape index (κ3) is 2.99. The van der Waals surface area contributed by atoms with Crippen LogP contribution in [-0.4, -0.2) is 18.3 Å². The molecule has 0 spiro atoms. The Balaban J connectivity index is 1.84. The Labute approximate surface area is 97.7 Å². The molecule has 1 fully saturated rings. The molecule has 0 amide bonds. The maximum Gasteiger partial charge on any atom is 0.0462 e. The van der Waals surface area contributed by atoms with Crippen molar-refractivity contribution in [3.63, 3.8) is 0 Å². The summed E-state index contributed by atoms with van der Waals surface area (Å²) in [6.45, 7) is 1.34. The molecule has 16 heavy (non-hydrogen) atoms. The van der Waals surface area contributed by atoms with Gasteiger partial charge in [0.15, 0.2) is 0 Å². The first-order valence-corrected chi connectivity index (χ1v) is 6.30. The van der Waals surface area contributed by atoms with Gasteiger partial charge in [0.25, 0.3) is 0 Å². The first-order chi connectivity index (χ1) is 7.90. The van der Waals surface area contributed by atoms with Crippen molar-refractivity contribution in [3.8, 4) is 0 Å². The molecule has 0 radical (unpaired) electrons. The van der Waals surface area contributed by atoms with Crippen LogP contribution >= 0.6 is 0 Å². The van der Waals surface area contributed by atoms with Gasteiger partial charge in [0.05, 0.1) is 0 Å². The summed E-state index contributed by atoms with van der Waals surface area (Å²) in [5, 5.41) is 12.8. The highest BCUT2D eigenvalue weighted by Gasteiger charge is 2.23. The molecule has 2 N–H and O–H groups in total. The smallest absolute Gasteiger partial charge is 0.0462 e. The number of hydrogen-bond acceptors (Lipinski definition) is 2. The highest BCUT2D eigenvalue weighted by molar-refractivity contribution is 5.42. The lowest BCUT2D eigenvalue weighted by molar-refractivity contribution is 0.141. The summed E-state index contributed by atoms with van der Waals surface area (Å²) in [5.41, 5.74) is 1.18.